The van der Waals surface area contributed by atoms with Crippen LogP contribution in [0.25, 0.3) is 0 Å². The summed E-state index contributed by atoms with van der Waals surface area (Å²) in [6.45, 7) is 1.00. The number of nitrogens with zero attached hydrogens (tertiary/aromatic N) is 1. The molecule has 0 bridgehead atoms. The molecule has 1 aliphatic rings. The van der Waals surface area contributed by atoms with Gasteiger partial charge in [0.2, 0.25) is 0 Å². The maximum Gasteiger partial charge on any atom is 0.142 e. The summed E-state index contributed by atoms with van der Waals surface area (Å²) in [5.41, 5.74) is 3.39. The van der Waals surface area contributed by atoms with Gasteiger partial charge in [0.15, 0.2) is 0 Å². The van der Waals surface area contributed by atoms with Crippen molar-refractivity contribution in [2.24, 2.45) is 5.84 Å². The third-order valence-electron chi connectivity index (χ3n) is 3.32. The van der Waals surface area contributed by atoms with Gasteiger partial charge in [0.05, 0.1) is 10.5 Å². The van der Waals surface area contributed by atoms with Crippen LogP contribution in [0.5, 0.6) is 0 Å². The van der Waals surface area contributed by atoms with E-state index in [1.807, 2.05) is 17.8 Å². The molecule has 1 saturated heterocycles. The summed E-state index contributed by atoms with van der Waals surface area (Å²) in [6.07, 6.45) is 0. The van der Waals surface area contributed by atoms with Crippen molar-refractivity contribution < 1.29 is 4.39 Å². The Morgan fingerprint density at radius 2 is 2.39 bits per heavy atom. The zero-order valence-corrected chi connectivity index (χ0v) is 12.6. The molecule has 2 unspecified atom stereocenters. The lowest BCUT2D eigenvalue weighted by Crippen LogP contribution is -2.49. The molecule has 2 rings (SSSR count). The highest BCUT2D eigenvalue weighted by atomic mass is 79.9. The van der Waals surface area contributed by atoms with Gasteiger partial charge >= 0.3 is 0 Å². The van der Waals surface area contributed by atoms with Crippen molar-refractivity contribution in [2.75, 3.05) is 25.1 Å². The van der Waals surface area contributed by atoms with Gasteiger partial charge < -0.3 is 0 Å². The van der Waals surface area contributed by atoms with Gasteiger partial charge in [-0.25, -0.2) is 4.39 Å². The summed E-state index contributed by atoms with van der Waals surface area (Å²) in [4.78, 5) is 2.24. The van der Waals surface area contributed by atoms with Gasteiger partial charge in [0.1, 0.15) is 5.82 Å². The summed E-state index contributed by atoms with van der Waals surface area (Å²) < 4.78 is 14.6. The Hall–Kier alpha value is -0.140. The van der Waals surface area contributed by atoms with Crippen LogP contribution in [0.15, 0.2) is 22.7 Å². The van der Waals surface area contributed by atoms with E-state index in [2.05, 4.69) is 33.3 Å². The van der Waals surface area contributed by atoms with E-state index in [1.165, 1.54) is 0 Å². The maximum atomic E-state index is 14.2. The number of nitrogens with one attached hydrogen (secondary N) is 1. The fourth-order valence-corrected chi connectivity index (χ4v) is 3.88. The van der Waals surface area contributed by atoms with E-state index in [0.29, 0.717) is 10.0 Å². The molecule has 1 heterocycles. The van der Waals surface area contributed by atoms with Crippen LogP contribution in [-0.2, 0) is 0 Å². The summed E-state index contributed by atoms with van der Waals surface area (Å²) in [6, 6.07) is 5.34. The standard InChI is InChI=1S/C12H17BrFN3S/c1-17-5-6-18-7-10(17)12(16-15)8-3-2-4-9(13)11(8)14/h2-4,10,12,16H,5-7,15H2,1H3. The molecule has 0 saturated carbocycles. The van der Waals surface area contributed by atoms with E-state index >= 15 is 0 Å². The van der Waals surface area contributed by atoms with Crippen LogP contribution in [0.2, 0.25) is 0 Å². The summed E-state index contributed by atoms with van der Waals surface area (Å²) in [5.74, 6) is 7.49. The van der Waals surface area contributed by atoms with Crippen molar-refractivity contribution in [3.63, 3.8) is 0 Å². The molecule has 0 amide bonds. The third kappa shape index (κ3) is 2.88. The van der Waals surface area contributed by atoms with Crippen LogP contribution in [0.1, 0.15) is 11.6 Å². The molecule has 3 nitrogen and oxygen atoms in total. The Bertz CT molecular complexity index is 418. The van der Waals surface area contributed by atoms with E-state index < -0.39 is 0 Å². The van der Waals surface area contributed by atoms with E-state index in [1.54, 1.807) is 12.1 Å². The number of nitrogens with two attached hydrogens (primary N) is 1. The first kappa shape index (κ1) is 14.3. The molecule has 1 aromatic rings. The number of thioether (sulfide) groups is 1. The molecule has 1 aliphatic heterocycles. The molecule has 2 atom stereocenters. The van der Waals surface area contributed by atoms with Crippen LogP contribution in [0, 0.1) is 5.82 Å². The second-order valence-electron chi connectivity index (χ2n) is 4.41. The van der Waals surface area contributed by atoms with E-state index in [0.717, 1.165) is 18.1 Å². The second-order valence-corrected chi connectivity index (χ2v) is 6.41. The summed E-state index contributed by atoms with van der Waals surface area (Å²) in [5, 5.41) is 0. The largest absolute Gasteiger partial charge is 0.300 e. The second kappa shape index (κ2) is 6.34. The number of hydrogen-bond donors (Lipinski definition) is 2. The molecule has 3 N–H and O–H groups in total. The zero-order chi connectivity index (χ0) is 13.1. The normalized spacial score (nSPS) is 23.0. The van der Waals surface area contributed by atoms with Crippen LogP contribution in [-0.4, -0.2) is 36.0 Å². The van der Waals surface area contributed by atoms with Gasteiger partial charge in [0, 0.05) is 29.7 Å². The molecule has 6 heteroatoms. The third-order valence-corrected chi connectivity index (χ3v) is 4.98. The van der Waals surface area contributed by atoms with E-state index in [-0.39, 0.29) is 17.9 Å². The highest BCUT2D eigenvalue weighted by Gasteiger charge is 2.30. The van der Waals surface area contributed by atoms with E-state index in [4.69, 9.17) is 5.84 Å². The summed E-state index contributed by atoms with van der Waals surface area (Å²) in [7, 11) is 2.06. The quantitative estimate of drug-likeness (QED) is 0.656. The average Bonchev–Trinajstić information content (AvgIpc) is 2.37. The number of rotatable bonds is 3. The smallest absolute Gasteiger partial charge is 0.142 e. The molecule has 0 aliphatic carbocycles. The lowest BCUT2D eigenvalue weighted by molar-refractivity contribution is 0.213. The SMILES string of the molecule is CN1CCSCC1C(NN)c1cccc(Br)c1F. The topological polar surface area (TPSA) is 41.3 Å². The molecule has 18 heavy (non-hydrogen) atoms. The Labute approximate surface area is 119 Å². The predicted octanol–water partition coefficient (Wildman–Crippen LogP) is 2.14. The van der Waals surface area contributed by atoms with Crippen molar-refractivity contribution in [3.8, 4) is 0 Å². The fourth-order valence-electron chi connectivity index (χ4n) is 2.23. The summed E-state index contributed by atoms with van der Waals surface area (Å²) >= 11 is 5.10. The first-order valence-corrected chi connectivity index (χ1v) is 7.78. The highest BCUT2D eigenvalue weighted by molar-refractivity contribution is 9.10. The minimum Gasteiger partial charge on any atom is -0.300 e. The van der Waals surface area contributed by atoms with Crippen LogP contribution in [0.4, 0.5) is 4.39 Å². The Morgan fingerprint density at radius 1 is 1.61 bits per heavy atom. The minimum atomic E-state index is -0.232. The molecule has 1 aromatic carbocycles. The van der Waals surface area contributed by atoms with Crippen molar-refractivity contribution in [2.45, 2.75) is 12.1 Å². The molecular weight excluding hydrogens is 317 g/mol. The van der Waals surface area contributed by atoms with Crippen LogP contribution >= 0.6 is 27.7 Å². The first-order chi connectivity index (χ1) is 8.65. The van der Waals surface area contributed by atoms with Crippen molar-refractivity contribution in [1.29, 1.82) is 0 Å². The lowest BCUT2D eigenvalue weighted by atomic mass is 9.99. The molecule has 0 radical (unpaired) electrons. The predicted molar refractivity (Wildman–Crippen MR) is 77.9 cm³/mol. The van der Waals surface area contributed by atoms with Gasteiger partial charge in [-0.3, -0.25) is 16.2 Å². The molecule has 1 fully saturated rings. The van der Waals surface area contributed by atoms with Gasteiger partial charge in [-0.1, -0.05) is 12.1 Å². The maximum absolute atomic E-state index is 14.2. The Morgan fingerprint density at radius 3 is 3.06 bits per heavy atom. The molecule has 0 aromatic heterocycles. The van der Waals surface area contributed by atoms with Crippen LogP contribution < -0.4 is 11.3 Å². The highest BCUT2D eigenvalue weighted by Crippen LogP contribution is 2.30. The van der Waals surface area contributed by atoms with Gasteiger partial charge in [0.25, 0.3) is 0 Å². The zero-order valence-electron chi connectivity index (χ0n) is 10.2. The molecule has 0 spiro atoms. The Kier molecular flexibility index (Phi) is 5.03. The van der Waals surface area contributed by atoms with Crippen LogP contribution in [0.3, 0.4) is 0 Å². The number of likely N-dealkylation sites (N-methyl/N-ethyl adjacent to an activating group) is 1. The fraction of sp³-hybridized carbons (Fsp3) is 0.500. The average molecular weight is 334 g/mol. The van der Waals surface area contributed by atoms with E-state index in [9.17, 15) is 4.39 Å². The van der Waals surface area contributed by atoms with Gasteiger partial charge in [-0.2, -0.15) is 11.8 Å². The van der Waals surface area contributed by atoms with Gasteiger partial charge in [-0.05, 0) is 29.0 Å². The van der Waals surface area contributed by atoms with Crippen molar-refractivity contribution in [1.82, 2.24) is 10.3 Å². The lowest BCUT2D eigenvalue weighted by Gasteiger charge is -2.37. The minimum absolute atomic E-state index is 0.194. The number of hydrazine groups is 1. The number of hydrogen-bond acceptors (Lipinski definition) is 4. The van der Waals surface area contributed by atoms with Gasteiger partial charge in [-0.15, -0.1) is 0 Å². The monoisotopic (exact) mass is 333 g/mol. The molecular formula is C12H17BrFN3S. The Balaban J connectivity index is 2.29. The number of benzene rings is 1. The van der Waals surface area contributed by atoms with Crippen molar-refractivity contribution >= 4 is 27.7 Å². The number of halogens is 2. The van der Waals surface area contributed by atoms with Crippen molar-refractivity contribution in [3.05, 3.63) is 34.1 Å². The molecule has 100 valence electrons. The first-order valence-electron chi connectivity index (χ1n) is 5.83.